The zero-order valence-electron chi connectivity index (χ0n) is 4.36. The Balaban J connectivity index is 3.52. The van der Waals surface area contributed by atoms with E-state index in [2.05, 4.69) is 11.7 Å². The van der Waals surface area contributed by atoms with E-state index in [1.54, 1.807) is 0 Å². The quantitative estimate of drug-likeness (QED) is 0.394. The standard InChI is InChI=1S/C3H8O2S3/c1-2-3(7-6)8(4)5/h3,6H,2H2,1H3,(H,4,5)/p-1. The molecule has 8 heavy (non-hydrogen) atoms. The Bertz CT molecular complexity index is 80.6. The fourth-order valence-corrected chi connectivity index (χ4v) is 2.03. The fourth-order valence-electron chi connectivity index (χ4n) is 0.246. The highest BCUT2D eigenvalue weighted by atomic mass is 33.1. The van der Waals surface area contributed by atoms with Gasteiger partial charge in [-0.25, -0.2) is 0 Å². The van der Waals surface area contributed by atoms with Crippen molar-refractivity contribution in [2.75, 3.05) is 0 Å². The molecule has 0 saturated carbocycles. The van der Waals surface area contributed by atoms with Gasteiger partial charge in [-0.1, -0.05) is 17.7 Å². The predicted octanol–water partition coefficient (Wildman–Crippen LogP) is 1.18. The summed E-state index contributed by atoms with van der Waals surface area (Å²) in [4.78, 5) is 0. The van der Waals surface area contributed by atoms with Gasteiger partial charge in [0.15, 0.2) is 0 Å². The molecule has 2 atom stereocenters. The lowest BCUT2D eigenvalue weighted by molar-refractivity contribution is 0.533. The van der Waals surface area contributed by atoms with Crippen LogP contribution in [-0.4, -0.2) is 13.3 Å². The maximum atomic E-state index is 10.1. The minimum Gasteiger partial charge on any atom is -0.771 e. The Morgan fingerprint density at radius 2 is 2.50 bits per heavy atom. The molecule has 0 N–H and O–H groups in total. The number of hydrogen-bond acceptors (Lipinski definition) is 4. The van der Waals surface area contributed by atoms with Crippen LogP contribution in [0.5, 0.6) is 0 Å². The third-order valence-corrected chi connectivity index (χ3v) is 3.95. The lowest BCUT2D eigenvalue weighted by atomic mass is 10.6. The molecule has 50 valence electrons. The van der Waals surface area contributed by atoms with Crippen LogP contribution in [0, 0.1) is 0 Å². The first-order valence-corrected chi connectivity index (χ1v) is 5.17. The van der Waals surface area contributed by atoms with Gasteiger partial charge in [-0.15, -0.1) is 11.7 Å². The van der Waals surface area contributed by atoms with Gasteiger partial charge in [0, 0.05) is 0 Å². The van der Waals surface area contributed by atoms with E-state index in [-0.39, 0.29) is 4.58 Å². The zero-order valence-corrected chi connectivity index (χ0v) is 6.89. The maximum absolute atomic E-state index is 10.1. The van der Waals surface area contributed by atoms with E-state index in [9.17, 15) is 8.76 Å². The normalized spacial score (nSPS) is 17.9. The first-order chi connectivity index (χ1) is 3.72. The number of thiol groups is 1. The van der Waals surface area contributed by atoms with Crippen molar-refractivity contribution in [1.29, 1.82) is 0 Å². The molecule has 0 bridgehead atoms. The van der Waals surface area contributed by atoms with Crippen molar-refractivity contribution in [2.24, 2.45) is 0 Å². The molecule has 2 unspecified atom stereocenters. The second-order valence-corrected chi connectivity index (χ2v) is 4.00. The van der Waals surface area contributed by atoms with Crippen molar-refractivity contribution in [3.05, 3.63) is 0 Å². The van der Waals surface area contributed by atoms with Crippen LogP contribution < -0.4 is 0 Å². The lowest BCUT2D eigenvalue weighted by Gasteiger charge is -2.12. The van der Waals surface area contributed by atoms with Gasteiger partial charge in [-0.3, -0.25) is 4.21 Å². The van der Waals surface area contributed by atoms with Crippen molar-refractivity contribution in [1.82, 2.24) is 0 Å². The fraction of sp³-hybridized carbons (Fsp3) is 1.00. The maximum Gasteiger partial charge on any atom is 0.0768 e. The van der Waals surface area contributed by atoms with Gasteiger partial charge in [-0.2, -0.15) is 0 Å². The monoisotopic (exact) mass is 171 g/mol. The van der Waals surface area contributed by atoms with Gasteiger partial charge in [0.05, 0.1) is 4.58 Å². The Morgan fingerprint density at radius 3 is 2.50 bits per heavy atom. The summed E-state index contributed by atoms with van der Waals surface area (Å²) in [5, 5.41) is 0. The molecule has 0 spiro atoms. The molecule has 0 rings (SSSR count). The molecule has 0 amide bonds. The molecule has 0 aromatic rings. The van der Waals surface area contributed by atoms with E-state index in [1.165, 1.54) is 0 Å². The van der Waals surface area contributed by atoms with E-state index in [1.807, 2.05) is 6.92 Å². The van der Waals surface area contributed by atoms with Crippen molar-refractivity contribution in [3.8, 4) is 0 Å². The molecule has 0 radical (unpaired) electrons. The Hall–Kier alpha value is 0.810. The minimum atomic E-state index is -1.97. The van der Waals surface area contributed by atoms with Crippen LogP contribution in [0.4, 0.5) is 0 Å². The van der Waals surface area contributed by atoms with Crippen LogP contribution in [-0.2, 0) is 11.1 Å². The van der Waals surface area contributed by atoms with E-state index in [0.29, 0.717) is 6.42 Å². The third kappa shape index (κ3) is 2.96. The summed E-state index contributed by atoms with van der Waals surface area (Å²) in [7, 11) is 1.06. The average Bonchev–Trinajstić information content (AvgIpc) is 1.69. The largest absolute Gasteiger partial charge is 0.771 e. The lowest BCUT2D eigenvalue weighted by Crippen LogP contribution is -2.05. The Labute approximate surface area is 60.5 Å². The summed E-state index contributed by atoms with van der Waals surface area (Å²) >= 11 is 1.79. The van der Waals surface area contributed by atoms with Gasteiger partial charge < -0.3 is 4.55 Å². The summed E-state index contributed by atoms with van der Waals surface area (Å²) < 4.78 is 19.8. The van der Waals surface area contributed by atoms with Crippen LogP contribution in [0.2, 0.25) is 0 Å². The molecular weight excluding hydrogens is 164 g/mol. The summed E-state index contributed by atoms with van der Waals surface area (Å²) in [6.45, 7) is 1.81. The van der Waals surface area contributed by atoms with Gasteiger partial charge in [-0.05, 0) is 17.5 Å². The molecule has 5 heteroatoms. The zero-order chi connectivity index (χ0) is 6.57. The predicted molar refractivity (Wildman–Crippen MR) is 39.6 cm³/mol. The molecule has 0 aliphatic rings. The van der Waals surface area contributed by atoms with Crippen molar-refractivity contribution in [3.63, 3.8) is 0 Å². The molecule has 2 nitrogen and oxygen atoms in total. The van der Waals surface area contributed by atoms with E-state index in [4.69, 9.17) is 0 Å². The van der Waals surface area contributed by atoms with E-state index < -0.39 is 11.1 Å². The smallest absolute Gasteiger partial charge is 0.0768 e. The highest BCUT2D eigenvalue weighted by Gasteiger charge is 2.01. The van der Waals surface area contributed by atoms with Crippen molar-refractivity contribution >= 4 is 33.5 Å². The summed E-state index contributed by atoms with van der Waals surface area (Å²) in [5.74, 6) is 0. The first kappa shape index (κ1) is 8.81. The highest BCUT2D eigenvalue weighted by Crippen LogP contribution is 2.19. The van der Waals surface area contributed by atoms with Gasteiger partial charge in [0.25, 0.3) is 0 Å². The summed E-state index contributed by atoms with van der Waals surface area (Å²) in [5.41, 5.74) is 0. The van der Waals surface area contributed by atoms with Gasteiger partial charge in [0.1, 0.15) is 0 Å². The van der Waals surface area contributed by atoms with Crippen LogP contribution in [0.3, 0.4) is 0 Å². The first-order valence-electron chi connectivity index (χ1n) is 2.10. The van der Waals surface area contributed by atoms with Crippen LogP contribution in [0.25, 0.3) is 0 Å². The van der Waals surface area contributed by atoms with Crippen LogP contribution in [0.1, 0.15) is 13.3 Å². The molecule has 0 fully saturated rings. The summed E-state index contributed by atoms with van der Waals surface area (Å²) in [6, 6.07) is 0. The van der Waals surface area contributed by atoms with Crippen molar-refractivity contribution < 1.29 is 8.76 Å². The van der Waals surface area contributed by atoms with Crippen molar-refractivity contribution in [2.45, 2.75) is 17.9 Å². The topological polar surface area (TPSA) is 40.1 Å². The Morgan fingerprint density at radius 1 is 2.00 bits per heavy atom. The number of rotatable bonds is 3. The SMILES string of the molecule is CCC(SS)S(=O)[O-]. The molecule has 0 aliphatic heterocycles. The Kier molecular flexibility index (Phi) is 5.14. The molecule has 0 heterocycles. The number of hydrogen-bond donors (Lipinski definition) is 1. The van der Waals surface area contributed by atoms with Gasteiger partial charge in [0.2, 0.25) is 0 Å². The molecule has 0 aliphatic carbocycles. The van der Waals surface area contributed by atoms with E-state index >= 15 is 0 Å². The minimum absolute atomic E-state index is 0.349. The molecular formula is C3H7O2S3-. The third-order valence-electron chi connectivity index (χ3n) is 0.666. The highest BCUT2D eigenvalue weighted by molar-refractivity contribution is 8.70. The van der Waals surface area contributed by atoms with Gasteiger partial charge >= 0.3 is 0 Å². The summed E-state index contributed by atoms with van der Waals surface area (Å²) in [6.07, 6.45) is 0.615. The molecule has 0 saturated heterocycles. The second kappa shape index (κ2) is 4.67. The average molecular weight is 171 g/mol. The van der Waals surface area contributed by atoms with E-state index in [0.717, 1.165) is 10.8 Å². The van der Waals surface area contributed by atoms with Crippen LogP contribution in [0.15, 0.2) is 0 Å². The molecule has 0 aromatic heterocycles. The molecule has 0 aromatic carbocycles. The second-order valence-electron chi connectivity index (χ2n) is 1.20. The van der Waals surface area contributed by atoms with Crippen LogP contribution >= 0.6 is 22.5 Å².